The highest BCUT2D eigenvalue weighted by Gasteiger charge is 2.13. The molecule has 2 N–H and O–H groups in total. The minimum atomic E-state index is -0.789. The topological polar surface area (TPSA) is 49.3 Å². The van der Waals surface area contributed by atoms with E-state index in [2.05, 4.69) is 21.2 Å². The molecule has 0 aliphatic heterocycles. The van der Waals surface area contributed by atoms with Crippen LogP contribution in [-0.2, 0) is 0 Å². The second-order valence-corrected chi connectivity index (χ2v) is 5.03. The smallest absolute Gasteiger partial charge is 0.258 e. The number of aromatic hydroxyl groups is 1. The maximum atomic E-state index is 13.5. The number of carbonyl (C=O) groups excluding carboxylic acids is 1. The maximum Gasteiger partial charge on any atom is 0.258 e. The number of phenols is 1. The average molecular weight is 345 g/mol. The maximum absolute atomic E-state index is 13.5. The van der Waals surface area contributed by atoms with E-state index in [9.17, 15) is 9.18 Å². The van der Waals surface area contributed by atoms with Crippen molar-refractivity contribution in [3.8, 4) is 5.75 Å². The first kappa shape index (κ1) is 13.8. The predicted octanol–water partition coefficient (Wildman–Crippen LogP) is 4.20. The molecule has 0 unspecified atom stereocenters. The molecule has 0 saturated carbocycles. The number of phenolic OH excluding ortho intramolecular Hbond substituents is 1. The first-order valence-corrected chi connectivity index (χ1v) is 6.39. The Morgan fingerprint density at radius 2 is 2.00 bits per heavy atom. The summed E-state index contributed by atoms with van der Waals surface area (Å²) in [5.74, 6) is -1.63. The summed E-state index contributed by atoms with van der Waals surface area (Å²) in [6.45, 7) is 0. The van der Waals surface area contributed by atoms with Crippen LogP contribution < -0.4 is 5.32 Å². The third-order valence-corrected chi connectivity index (χ3v) is 3.27. The minimum absolute atomic E-state index is 0.153. The fraction of sp³-hybridized carbons (Fsp3) is 0. The van der Waals surface area contributed by atoms with Gasteiger partial charge in [0.2, 0.25) is 0 Å². The summed E-state index contributed by atoms with van der Waals surface area (Å²) in [6.07, 6.45) is 0. The number of carbonyl (C=O) groups is 1. The fourth-order valence-corrected chi connectivity index (χ4v) is 2.25. The number of amides is 1. The standard InChI is InChI=1S/C13H8BrClFNO2/c14-10-5-7(15)1-4-12(10)17-13(19)9-3-2-8(18)6-11(9)16/h1-6,18H,(H,17,19). The zero-order valence-corrected chi connectivity index (χ0v) is 11.8. The van der Waals surface area contributed by atoms with Crippen LogP contribution in [0.4, 0.5) is 10.1 Å². The van der Waals surface area contributed by atoms with Gasteiger partial charge in [0.15, 0.2) is 0 Å². The average Bonchev–Trinajstić information content (AvgIpc) is 2.32. The molecule has 0 bridgehead atoms. The quantitative estimate of drug-likeness (QED) is 0.858. The van der Waals surface area contributed by atoms with Crippen LogP contribution in [0.3, 0.4) is 0 Å². The molecule has 2 rings (SSSR count). The van der Waals surface area contributed by atoms with Gasteiger partial charge in [-0.1, -0.05) is 11.6 Å². The Morgan fingerprint density at radius 3 is 2.63 bits per heavy atom. The Bertz CT molecular complexity index is 649. The minimum Gasteiger partial charge on any atom is -0.508 e. The van der Waals surface area contributed by atoms with Crippen molar-refractivity contribution in [2.45, 2.75) is 0 Å². The lowest BCUT2D eigenvalue weighted by Gasteiger charge is -2.08. The van der Waals surface area contributed by atoms with E-state index in [1.54, 1.807) is 18.2 Å². The van der Waals surface area contributed by atoms with Crippen molar-refractivity contribution in [1.82, 2.24) is 0 Å². The summed E-state index contributed by atoms with van der Waals surface area (Å²) in [5.41, 5.74) is 0.321. The van der Waals surface area contributed by atoms with E-state index in [-0.39, 0.29) is 11.3 Å². The molecular formula is C13H8BrClFNO2. The first-order valence-electron chi connectivity index (χ1n) is 5.22. The van der Waals surface area contributed by atoms with Crippen LogP contribution >= 0.6 is 27.5 Å². The number of benzene rings is 2. The highest BCUT2D eigenvalue weighted by Crippen LogP contribution is 2.26. The molecule has 0 aliphatic rings. The molecule has 0 heterocycles. The van der Waals surface area contributed by atoms with Gasteiger partial charge < -0.3 is 10.4 Å². The van der Waals surface area contributed by atoms with Crippen molar-refractivity contribution in [2.24, 2.45) is 0 Å². The summed E-state index contributed by atoms with van der Waals surface area (Å²) in [4.78, 5) is 11.9. The normalized spacial score (nSPS) is 10.3. The highest BCUT2D eigenvalue weighted by atomic mass is 79.9. The molecule has 0 aromatic heterocycles. The van der Waals surface area contributed by atoms with Gasteiger partial charge in [-0.3, -0.25) is 4.79 Å². The van der Waals surface area contributed by atoms with Gasteiger partial charge in [0.25, 0.3) is 5.91 Å². The summed E-state index contributed by atoms with van der Waals surface area (Å²) >= 11 is 9.03. The molecule has 0 saturated heterocycles. The van der Waals surface area contributed by atoms with E-state index >= 15 is 0 Å². The highest BCUT2D eigenvalue weighted by molar-refractivity contribution is 9.10. The van der Waals surface area contributed by atoms with Crippen molar-refractivity contribution in [1.29, 1.82) is 0 Å². The van der Waals surface area contributed by atoms with Crippen LogP contribution in [0.5, 0.6) is 5.75 Å². The van der Waals surface area contributed by atoms with E-state index < -0.39 is 11.7 Å². The zero-order valence-electron chi connectivity index (χ0n) is 9.45. The second kappa shape index (κ2) is 5.59. The largest absolute Gasteiger partial charge is 0.508 e. The monoisotopic (exact) mass is 343 g/mol. The lowest BCUT2D eigenvalue weighted by Crippen LogP contribution is -2.13. The number of halogens is 3. The summed E-state index contributed by atoms with van der Waals surface area (Å²) in [7, 11) is 0. The Kier molecular flexibility index (Phi) is 4.07. The molecule has 19 heavy (non-hydrogen) atoms. The Labute approximate surface area is 122 Å². The number of hydrogen-bond donors (Lipinski definition) is 2. The van der Waals surface area contributed by atoms with Gasteiger partial charge >= 0.3 is 0 Å². The van der Waals surface area contributed by atoms with Crippen LogP contribution in [-0.4, -0.2) is 11.0 Å². The molecule has 0 atom stereocenters. The number of rotatable bonds is 2. The van der Waals surface area contributed by atoms with Crippen LogP contribution in [0.25, 0.3) is 0 Å². The van der Waals surface area contributed by atoms with Crippen molar-refractivity contribution in [3.63, 3.8) is 0 Å². The van der Waals surface area contributed by atoms with Crippen LogP contribution in [0, 0.1) is 5.82 Å². The molecule has 2 aromatic rings. The zero-order chi connectivity index (χ0) is 14.0. The Morgan fingerprint density at radius 1 is 1.26 bits per heavy atom. The molecule has 0 aliphatic carbocycles. The summed E-state index contributed by atoms with van der Waals surface area (Å²) in [6, 6.07) is 8.16. The molecule has 0 radical (unpaired) electrons. The Hall–Kier alpha value is -1.59. The number of anilines is 1. The third kappa shape index (κ3) is 3.24. The van der Waals surface area contributed by atoms with E-state index in [0.717, 1.165) is 6.07 Å². The van der Waals surface area contributed by atoms with E-state index in [0.29, 0.717) is 15.2 Å². The van der Waals surface area contributed by atoms with Gasteiger partial charge in [0.1, 0.15) is 11.6 Å². The van der Waals surface area contributed by atoms with E-state index in [1.165, 1.54) is 12.1 Å². The second-order valence-electron chi connectivity index (χ2n) is 3.74. The summed E-state index contributed by atoms with van der Waals surface area (Å²) in [5, 5.41) is 12.2. The van der Waals surface area contributed by atoms with Crippen molar-refractivity contribution in [3.05, 3.63) is 57.3 Å². The number of hydrogen-bond acceptors (Lipinski definition) is 2. The lowest BCUT2D eigenvalue weighted by molar-refractivity contribution is 0.102. The van der Waals surface area contributed by atoms with Crippen LogP contribution in [0.15, 0.2) is 40.9 Å². The van der Waals surface area contributed by atoms with Crippen molar-refractivity contribution in [2.75, 3.05) is 5.32 Å². The van der Waals surface area contributed by atoms with Gasteiger partial charge in [-0.15, -0.1) is 0 Å². The molecule has 0 spiro atoms. The van der Waals surface area contributed by atoms with Gasteiger partial charge in [-0.2, -0.15) is 0 Å². The lowest BCUT2D eigenvalue weighted by atomic mass is 10.2. The number of nitrogens with one attached hydrogen (secondary N) is 1. The molecule has 3 nitrogen and oxygen atoms in total. The van der Waals surface area contributed by atoms with Gasteiger partial charge in [-0.25, -0.2) is 4.39 Å². The van der Waals surface area contributed by atoms with E-state index in [4.69, 9.17) is 16.7 Å². The van der Waals surface area contributed by atoms with Gasteiger partial charge in [0, 0.05) is 15.6 Å². The van der Waals surface area contributed by atoms with Crippen molar-refractivity contribution >= 4 is 39.1 Å². The fourth-order valence-electron chi connectivity index (χ4n) is 1.47. The first-order chi connectivity index (χ1) is 8.97. The molecule has 1 amide bonds. The van der Waals surface area contributed by atoms with Crippen molar-refractivity contribution < 1.29 is 14.3 Å². The van der Waals surface area contributed by atoms with Crippen LogP contribution in [0.2, 0.25) is 5.02 Å². The van der Waals surface area contributed by atoms with Crippen LogP contribution in [0.1, 0.15) is 10.4 Å². The predicted molar refractivity (Wildman–Crippen MR) is 75.2 cm³/mol. The summed E-state index contributed by atoms with van der Waals surface area (Å²) < 4.78 is 14.1. The van der Waals surface area contributed by atoms with Gasteiger partial charge in [0.05, 0.1) is 11.3 Å². The molecule has 98 valence electrons. The van der Waals surface area contributed by atoms with E-state index in [1.807, 2.05) is 0 Å². The van der Waals surface area contributed by atoms with Gasteiger partial charge in [-0.05, 0) is 46.3 Å². The molecule has 6 heteroatoms. The third-order valence-electron chi connectivity index (χ3n) is 2.38. The molecule has 0 fully saturated rings. The Balaban J connectivity index is 2.25. The molecule has 2 aromatic carbocycles. The SMILES string of the molecule is O=C(Nc1ccc(Cl)cc1Br)c1ccc(O)cc1F. The molecular weight excluding hydrogens is 337 g/mol.